The summed E-state index contributed by atoms with van der Waals surface area (Å²) in [6, 6.07) is 2.24. The summed E-state index contributed by atoms with van der Waals surface area (Å²) in [6.45, 7) is 0.450. The minimum atomic E-state index is -4.40. The Hall–Kier alpha value is -0.940. The largest absolute Gasteiger partial charge is 0.495 e. The lowest BCUT2D eigenvalue weighted by Gasteiger charge is -2.15. The van der Waals surface area contributed by atoms with Gasteiger partial charge in [-0.1, -0.05) is 11.6 Å². The number of ether oxygens (including phenoxy) is 1. The van der Waals surface area contributed by atoms with Crippen molar-refractivity contribution in [1.82, 2.24) is 5.32 Å². The van der Waals surface area contributed by atoms with Crippen LogP contribution in [0.5, 0.6) is 5.75 Å². The van der Waals surface area contributed by atoms with Crippen LogP contribution in [0.2, 0.25) is 5.02 Å². The molecule has 0 aliphatic carbocycles. The van der Waals surface area contributed by atoms with Crippen molar-refractivity contribution in [3.8, 4) is 5.75 Å². The van der Waals surface area contributed by atoms with E-state index < -0.39 is 11.7 Å². The second kappa shape index (κ2) is 5.60. The SMILES string of the molecule is CNCCc1cc(Cl)c(OC)cc1C(F)(F)F. The third-order valence-electron chi connectivity index (χ3n) is 2.33. The first-order valence-corrected chi connectivity index (χ1v) is 5.36. The van der Waals surface area contributed by atoms with Crippen molar-refractivity contribution in [2.24, 2.45) is 0 Å². The molecule has 0 saturated heterocycles. The predicted molar refractivity (Wildman–Crippen MR) is 60.6 cm³/mol. The van der Waals surface area contributed by atoms with Gasteiger partial charge < -0.3 is 10.1 Å². The van der Waals surface area contributed by atoms with Crippen LogP contribution in [0.1, 0.15) is 11.1 Å². The Morgan fingerprint density at radius 2 is 2.00 bits per heavy atom. The van der Waals surface area contributed by atoms with E-state index in [1.807, 2.05) is 0 Å². The molecule has 1 N–H and O–H groups in total. The summed E-state index contributed by atoms with van der Waals surface area (Å²) in [6.07, 6.45) is -4.14. The first kappa shape index (κ1) is 14.1. The number of alkyl halides is 3. The Balaban J connectivity index is 3.21. The molecular weight excluding hydrogens is 255 g/mol. The minimum Gasteiger partial charge on any atom is -0.495 e. The van der Waals surface area contributed by atoms with Crippen LogP contribution in [0, 0.1) is 0 Å². The molecule has 0 bridgehead atoms. The molecule has 0 aromatic heterocycles. The second-order valence-electron chi connectivity index (χ2n) is 3.50. The monoisotopic (exact) mass is 267 g/mol. The molecule has 0 radical (unpaired) electrons. The molecule has 0 aliphatic rings. The molecule has 1 aromatic rings. The smallest absolute Gasteiger partial charge is 0.416 e. The topological polar surface area (TPSA) is 21.3 Å². The van der Waals surface area contributed by atoms with E-state index in [9.17, 15) is 13.2 Å². The molecule has 0 spiro atoms. The van der Waals surface area contributed by atoms with Crippen molar-refractivity contribution >= 4 is 11.6 Å². The van der Waals surface area contributed by atoms with Gasteiger partial charge in [-0.15, -0.1) is 0 Å². The van der Waals surface area contributed by atoms with Crippen LogP contribution in [0.4, 0.5) is 13.2 Å². The molecule has 0 unspecified atom stereocenters. The van der Waals surface area contributed by atoms with Gasteiger partial charge in [0.15, 0.2) is 0 Å². The van der Waals surface area contributed by atoms with Crippen molar-refractivity contribution < 1.29 is 17.9 Å². The average Bonchev–Trinajstić information content (AvgIpc) is 2.24. The van der Waals surface area contributed by atoms with Crippen LogP contribution in [0.25, 0.3) is 0 Å². The maximum Gasteiger partial charge on any atom is 0.416 e. The number of rotatable bonds is 4. The number of methoxy groups -OCH3 is 1. The Bertz CT molecular complexity index is 393. The predicted octanol–water partition coefficient (Wildman–Crippen LogP) is 3.13. The van der Waals surface area contributed by atoms with Gasteiger partial charge in [0, 0.05) is 0 Å². The zero-order chi connectivity index (χ0) is 13.1. The second-order valence-corrected chi connectivity index (χ2v) is 3.90. The lowest BCUT2D eigenvalue weighted by atomic mass is 10.0. The summed E-state index contributed by atoms with van der Waals surface area (Å²) in [5.41, 5.74) is -0.536. The van der Waals surface area contributed by atoms with E-state index in [0.717, 1.165) is 6.07 Å². The van der Waals surface area contributed by atoms with E-state index in [2.05, 4.69) is 5.32 Å². The Kier molecular flexibility index (Phi) is 4.65. The third kappa shape index (κ3) is 3.51. The summed E-state index contributed by atoms with van der Waals surface area (Å²) in [5.74, 6) is 0.0344. The van der Waals surface area contributed by atoms with E-state index in [0.29, 0.717) is 6.54 Å². The van der Waals surface area contributed by atoms with Gasteiger partial charge in [-0.3, -0.25) is 0 Å². The van der Waals surface area contributed by atoms with E-state index in [4.69, 9.17) is 16.3 Å². The summed E-state index contributed by atoms with van der Waals surface area (Å²) in [5, 5.41) is 2.99. The van der Waals surface area contributed by atoms with Crippen LogP contribution in [-0.2, 0) is 12.6 Å². The van der Waals surface area contributed by atoms with Gasteiger partial charge in [0.1, 0.15) is 5.75 Å². The fourth-order valence-corrected chi connectivity index (χ4v) is 1.74. The normalized spacial score (nSPS) is 11.6. The fourth-order valence-electron chi connectivity index (χ4n) is 1.48. The average molecular weight is 268 g/mol. The Labute approximate surface area is 103 Å². The molecule has 6 heteroatoms. The number of nitrogens with one attached hydrogen (secondary N) is 1. The van der Waals surface area contributed by atoms with Crippen LogP contribution >= 0.6 is 11.6 Å². The summed E-state index contributed by atoms with van der Waals surface area (Å²) < 4.78 is 43.2. The van der Waals surface area contributed by atoms with Gasteiger partial charge in [-0.25, -0.2) is 0 Å². The highest BCUT2D eigenvalue weighted by Crippen LogP contribution is 2.37. The highest BCUT2D eigenvalue weighted by atomic mass is 35.5. The molecule has 0 saturated carbocycles. The summed E-state index contributed by atoms with van der Waals surface area (Å²) >= 11 is 5.82. The molecule has 1 aromatic carbocycles. The molecule has 0 amide bonds. The van der Waals surface area contributed by atoms with E-state index >= 15 is 0 Å². The van der Waals surface area contributed by atoms with Crippen molar-refractivity contribution in [3.63, 3.8) is 0 Å². The standard InChI is InChI=1S/C11H13ClF3NO/c1-16-4-3-7-5-9(12)10(17-2)6-8(7)11(13,14)15/h5-6,16H,3-4H2,1-2H3. The molecule has 17 heavy (non-hydrogen) atoms. The molecule has 2 nitrogen and oxygen atoms in total. The van der Waals surface area contributed by atoms with Gasteiger partial charge in [-0.2, -0.15) is 13.2 Å². The maximum atomic E-state index is 12.8. The van der Waals surface area contributed by atoms with Crippen molar-refractivity contribution in [2.45, 2.75) is 12.6 Å². The first-order chi connectivity index (χ1) is 7.90. The highest BCUT2D eigenvalue weighted by Gasteiger charge is 2.34. The van der Waals surface area contributed by atoms with Crippen LogP contribution in [0.3, 0.4) is 0 Å². The zero-order valence-corrected chi connectivity index (χ0v) is 10.2. The van der Waals surface area contributed by atoms with Crippen molar-refractivity contribution in [1.29, 1.82) is 0 Å². The molecule has 96 valence electrons. The van der Waals surface area contributed by atoms with Crippen molar-refractivity contribution in [2.75, 3.05) is 20.7 Å². The molecule has 0 atom stereocenters. The number of hydrogen-bond acceptors (Lipinski definition) is 2. The lowest BCUT2D eigenvalue weighted by Crippen LogP contribution is -2.15. The highest BCUT2D eigenvalue weighted by molar-refractivity contribution is 6.32. The summed E-state index contributed by atoms with van der Waals surface area (Å²) in [7, 11) is 2.97. The molecule has 1 rings (SSSR count). The van der Waals surface area contributed by atoms with Gasteiger partial charge in [-0.05, 0) is 37.7 Å². The van der Waals surface area contributed by atoms with Crippen LogP contribution in [0.15, 0.2) is 12.1 Å². The number of hydrogen-bond donors (Lipinski definition) is 1. The van der Waals surface area contributed by atoms with Gasteiger partial charge >= 0.3 is 6.18 Å². The third-order valence-corrected chi connectivity index (χ3v) is 2.62. The Morgan fingerprint density at radius 3 is 2.47 bits per heavy atom. The van der Waals surface area contributed by atoms with Crippen LogP contribution in [-0.4, -0.2) is 20.7 Å². The zero-order valence-electron chi connectivity index (χ0n) is 9.49. The van der Waals surface area contributed by atoms with Crippen LogP contribution < -0.4 is 10.1 Å². The number of halogens is 4. The summed E-state index contributed by atoms with van der Waals surface area (Å²) in [4.78, 5) is 0. The molecule has 0 aliphatic heterocycles. The molecule has 0 fully saturated rings. The van der Waals surface area contributed by atoms with E-state index in [-0.39, 0.29) is 22.8 Å². The number of likely N-dealkylation sites (N-methyl/N-ethyl adjacent to an activating group) is 1. The molecule has 0 heterocycles. The maximum absolute atomic E-state index is 12.8. The first-order valence-electron chi connectivity index (χ1n) is 4.98. The quantitative estimate of drug-likeness (QED) is 0.905. The van der Waals surface area contributed by atoms with Crippen molar-refractivity contribution in [3.05, 3.63) is 28.3 Å². The van der Waals surface area contributed by atoms with Gasteiger partial charge in [0.25, 0.3) is 0 Å². The lowest BCUT2D eigenvalue weighted by molar-refractivity contribution is -0.138. The number of benzene rings is 1. The van der Waals surface area contributed by atoms with Gasteiger partial charge in [0.2, 0.25) is 0 Å². The van der Waals surface area contributed by atoms with E-state index in [1.165, 1.54) is 13.2 Å². The fraction of sp³-hybridized carbons (Fsp3) is 0.455. The molecular formula is C11H13ClF3NO. The van der Waals surface area contributed by atoms with E-state index in [1.54, 1.807) is 7.05 Å². The Morgan fingerprint density at radius 1 is 1.35 bits per heavy atom. The van der Waals surface area contributed by atoms with Gasteiger partial charge in [0.05, 0.1) is 17.7 Å². The minimum absolute atomic E-state index is 0.0344.